The summed E-state index contributed by atoms with van der Waals surface area (Å²) >= 11 is 0. The molecular weight excluding hydrogens is 422 g/mol. The Hall–Kier alpha value is -3.13. The molecule has 2 heterocycles. The molecule has 8 nitrogen and oxygen atoms in total. The van der Waals surface area contributed by atoms with Gasteiger partial charge in [0.15, 0.2) is 11.5 Å². The smallest absolute Gasteiger partial charge is 0.253 e. The molecule has 1 aliphatic heterocycles. The number of carbonyl (C=O) groups is 2. The number of aromatic nitrogens is 1. The number of likely N-dealkylation sites (tertiary alicyclic amines) is 1. The zero-order valence-electron chi connectivity index (χ0n) is 19.4. The largest absolute Gasteiger partial charge is 0.490 e. The number of methoxy groups -OCH3 is 1. The zero-order valence-corrected chi connectivity index (χ0v) is 19.4. The van der Waals surface area contributed by atoms with Gasteiger partial charge >= 0.3 is 0 Å². The van der Waals surface area contributed by atoms with Crippen LogP contribution in [-0.4, -0.2) is 61.7 Å². The number of nitrogens with one attached hydrogen (secondary N) is 1. The minimum Gasteiger partial charge on any atom is -0.490 e. The molecule has 3 rings (SSSR count). The Morgan fingerprint density at radius 2 is 1.97 bits per heavy atom. The quantitative estimate of drug-likeness (QED) is 0.524. The predicted molar refractivity (Wildman–Crippen MR) is 124 cm³/mol. The van der Waals surface area contributed by atoms with Gasteiger partial charge in [-0.3, -0.25) is 14.6 Å². The van der Waals surface area contributed by atoms with Gasteiger partial charge in [-0.05, 0) is 50.5 Å². The van der Waals surface area contributed by atoms with Crippen LogP contribution in [0.2, 0.25) is 0 Å². The summed E-state index contributed by atoms with van der Waals surface area (Å²) < 4.78 is 16.6. The molecule has 0 bridgehead atoms. The molecule has 8 heteroatoms. The highest BCUT2D eigenvalue weighted by Gasteiger charge is 2.28. The van der Waals surface area contributed by atoms with Crippen LogP contribution in [0, 0.1) is 5.92 Å². The van der Waals surface area contributed by atoms with Crippen LogP contribution in [-0.2, 0) is 16.1 Å². The fourth-order valence-corrected chi connectivity index (χ4v) is 3.77. The molecule has 33 heavy (non-hydrogen) atoms. The fraction of sp³-hybridized carbons (Fsp3) is 0.480. The van der Waals surface area contributed by atoms with Crippen LogP contribution in [0.15, 0.2) is 42.7 Å². The molecule has 1 fully saturated rings. The van der Waals surface area contributed by atoms with E-state index in [-0.39, 0.29) is 17.7 Å². The van der Waals surface area contributed by atoms with Crippen molar-refractivity contribution in [2.24, 2.45) is 5.92 Å². The highest BCUT2D eigenvalue weighted by molar-refractivity contribution is 5.95. The molecule has 1 saturated heterocycles. The summed E-state index contributed by atoms with van der Waals surface area (Å²) in [6.45, 7) is 5.07. The van der Waals surface area contributed by atoms with Crippen LogP contribution in [0.1, 0.15) is 42.1 Å². The van der Waals surface area contributed by atoms with Gasteiger partial charge in [0, 0.05) is 62.8 Å². The summed E-state index contributed by atoms with van der Waals surface area (Å²) in [6, 6.07) is 9.07. The lowest BCUT2D eigenvalue weighted by Gasteiger charge is -2.31. The van der Waals surface area contributed by atoms with E-state index >= 15 is 0 Å². The Bertz CT molecular complexity index is 898. The van der Waals surface area contributed by atoms with Gasteiger partial charge in [-0.25, -0.2) is 0 Å². The Morgan fingerprint density at radius 1 is 1.15 bits per heavy atom. The van der Waals surface area contributed by atoms with Crippen molar-refractivity contribution < 1.29 is 23.8 Å². The Labute approximate surface area is 195 Å². The van der Waals surface area contributed by atoms with Crippen LogP contribution < -0.4 is 14.8 Å². The number of hydrogen-bond acceptors (Lipinski definition) is 6. The number of piperidine rings is 1. The number of amides is 2. The number of hydrogen-bond donors (Lipinski definition) is 1. The number of benzene rings is 1. The topological polar surface area (TPSA) is 90.0 Å². The van der Waals surface area contributed by atoms with Crippen molar-refractivity contribution in [3.63, 3.8) is 0 Å². The summed E-state index contributed by atoms with van der Waals surface area (Å²) in [4.78, 5) is 31.3. The molecule has 0 radical (unpaired) electrons. The predicted octanol–water partition coefficient (Wildman–Crippen LogP) is 3.06. The first-order valence-corrected chi connectivity index (χ1v) is 11.5. The maximum atomic E-state index is 13.1. The van der Waals surface area contributed by atoms with Crippen LogP contribution in [0.5, 0.6) is 11.5 Å². The van der Waals surface area contributed by atoms with Gasteiger partial charge in [0.2, 0.25) is 5.91 Å². The van der Waals surface area contributed by atoms with Crippen LogP contribution in [0.25, 0.3) is 0 Å². The SMILES string of the molecule is CCOc1cc(C(=O)N2CCC(C(=O)NCCCOC)CC2)ccc1OCc1cccnc1. The lowest BCUT2D eigenvalue weighted by Crippen LogP contribution is -2.43. The second-order valence-corrected chi connectivity index (χ2v) is 7.95. The van der Waals surface area contributed by atoms with Gasteiger partial charge in [-0.2, -0.15) is 0 Å². The summed E-state index contributed by atoms with van der Waals surface area (Å²) in [5.41, 5.74) is 1.50. The number of rotatable bonds is 11. The van der Waals surface area contributed by atoms with Gasteiger partial charge < -0.3 is 24.4 Å². The van der Waals surface area contributed by atoms with E-state index in [1.54, 1.807) is 42.6 Å². The van der Waals surface area contributed by atoms with Crippen molar-refractivity contribution >= 4 is 11.8 Å². The first-order valence-electron chi connectivity index (χ1n) is 11.5. The summed E-state index contributed by atoms with van der Waals surface area (Å²) in [5.74, 6) is 1.07. The third-order valence-electron chi connectivity index (χ3n) is 5.59. The van der Waals surface area contributed by atoms with E-state index in [1.807, 2.05) is 19.1 Å². The molecule has 1 aliphatic rings. The average Bonchev–Trinajstić information content (AvgIpc) is 2.86. The van der Waals surface area contributed by atoms with Crippen molar-refractivity contribution in [2.75, 3.05) is 40.0 Å². The second kappa shape index (κ2) is 12.8. The van der Waals surface area contributed by atoms with E-state index in [4.69, 9.17) is 14.2 Å². The third-order valence-corrected chi connectivity index (χ3v) is 5.59. The molecule has 0 saturated carbocycles. The normalized spacial score (nSPS) is 14.1. The molecule has 1 N–H and O–H groups in total. The number of ether oxygens (including phenoxy) is 3. The molecule has 1 aromatic heterocycles. The second-order valence-electron chi connectivity index (χ2n) is 7.95. The van der Waals surface area contributed by atoms with Gasteiger partial charge in [0.1, 0.15) is 6.61 Å². The Morgan fingerprint density at radius 3 is 2.67 bits per heavy atom. The van der Waals surface area contributed by atoms with Crippen molar-refractivity contribution in [2.45, 2.75) is 32.8 Å². The lowest BCUT2D eigenvalue weighted by atomic mass is 9.95. The van der Waals surface area contributed by atoms with Crippen LogP contribution in [0.4, 0.5) is 0 Å². The van der Waals surface area contributed by atoms with Gasteiger partial charge in [-0.15, -0.1) is 0 Å². The monoisotopic (exact) mass is 455 g/mol. The van der Waals surface area contributed by atoms with Crippen LogP contribution >= 0.6 is 0 Å². The minimum absolute atomic E-state index is 0.0566. The molecule has 0 unspecified atom stereocenters. The molecule has 2 aromatic rings. The molecule has 178 valence electrons. The fourth-order valence-electron chi connectivity index (χ4n) is 3.77. The maximum Gasteiger partial charge on any atom is 0.253 e. The lowest BCUT2D eigenvalue weighted by molar-refractivity contribution is -0.126. The first-order chi connectivity index (χ1) is 16.1. The number of carbonyl (C=O) groups excluding carboxylic acids is 2. The van der Waals surface area contributed by atoms with Crippen molar-refractivity contribution in [3.8, 4) is 11.5 Å². The number of pyridine rings is 1. The van der Waals surface area contributed by atoms with Crippen LogP contribution in [0.3, 0.4) is 0 Å². The summed E-state index contributed by atoms with van der Waals surface area (Å²) in [7, 11) is 1.65. The molecule has 1 aromatic carbocycles. The minimum atomic E-state index is -0.0614. The molecule has 0 spiro atoms. The molecule has 0 aliphatic carbocycles. The van der Waals surface area contributed by atoms with E-state index in [9.17, 15) is 9.59 Å². The van der Waals surface area contributed by atoms with Gasteiger partial charge in [0.25, 0.3) is 5.91 Å². The van der Waals surface area contributed by atoms with E-state index < -0.39 is 0 Å². The average molecular weight is 456 g/mol. The van der Waals surface area contributed by atoms with Gasteiger partial charge in [0.05, 0.1) is 6.61 Å². The summed E-state index contributed by atoms with van der Waals surface area (Å²) in [5, 5.41) is 2.96. The Balaban J connectivity index is 1.56. The number of nitrogens with zero attached hydrogens (tertiary/aromatic N) is 2. The zero-order chi connectivity index (χ0) is 23.5. The Kier molecular flexibility index (Phi) is 9.50. The van der Waals surface area contributed by atoms with E-state index in [2.05, 4.69) is 10.3 Å². The molecule has 0 atom stereocenters. The molecular formula is C25H33N3O5. The molecule has 2 amide bonds. The standard InChI is InChI=1S/C25H33N3O5/c1-3-32-23-16-21(7-8-22(23)33-18-19-6-4-11-26-17-19)25(30)28-13-9-20(10-14-28)24(29)27-12-5-15-31-2/h4,6-8,11,16-17,20H,3,5,9-10,12-15,18H2,1-2H3,(H,27,29). The van der Waals surface area contributed by atoms with Gasteiger partial charge in [-0.1, -0.05) is 6.07 Å². The first kappa shape index (κ1) is 24.5. The van der Waals surface area contributed by atoms with Crippen molar-refractivity contribution in [3.05, 3.63) is 53.9 Å². The highest BCUT2D eigenvalue weighted by atomic mass is 16.5. The van der Waals surface area contributed by atoms with E-state index in [1.165, 1.54) is 0 Å². The maximum absolute atomic E-state index is 13.1. The van der Waals surface area contributed by atoms with E-state index in [0.717, 1.165) is 12.0 Å². The summed E-state index contributed by atoms with van der Waals surface area (Å²) in [6.07, 6.45) is 5.58. The highest BCUT2D eigenvalue weighted by Crippen LogP contribution is 2.30. The van der Waals surface area contributed by atoms with E-state index in [0.29, 0.717) is 69.4 Å². The third kappa shape index (κ3) is 7.18. The van der Waals surface area contributed by atoms with Crippen molar-refractivity contribution in [1.82, 2.24) is 15.2 Å². The van der Waals surface area contributed by atoms with Crippen molar-refractivity contribution in [1.29, 1.82) is 0 Å².